The molecule has 0 aromatic heterocycles. The van der Waals surface area contributed by atoms with Gasteiger partial charge in [0.25, 0.3) is 0 Å². The van der Waals surface area contributed by atoms with E-state index in [1.165, 1.54) is 36.9 Å². The summed E-state index contributed by atoms with van der Waals surface area (Å²) in [6.45, 7) is 6.44. The first kappa shape index (κ1) is 19.7. The third kappa shape index (κ3) is 5.48. The maximum Gasteiger partial charge on any atom is 0.237 e. The Morgan fingerprint density at radius 2 is 2.04 bits per heavy atom. The Balaban J connectivity index is 1.42. The molecule has 0 bridgehead atoms. The number of anilines is 1. The smallest absolute Gasteiger partial charge is 0.237 e. The van der Waals surface area contributed by atoms with Crippen molar-refractivity contribution in [3.05, 3.63) is 35.9 Å². The molecule has 1 N–H and O–H groups in total. The highest BCUT2D eigenvalue weighted by molar-refractivity contribution is 5.81. The van der Waals surface area contributed by atoms with Crippen molar-refractivity contribution < 1.29 is 9.53 Å². The summed E-state index contributed by atoms with van der Waals surface area (Å²) >= 11 is 0. The molecule has 5 heteroatoms. The fourth-order valence-electron chi connectivity index (χ4n) is 3.97. The van der Waals surface area contributed by atoms with Crippen molar-refractivity contribution in [2.24, 2.45) is 0 Å². The summed E-state index contributed by atoms with van der Waals surface area (Å²) in [5.41, 5.74) is 2.70. The van der Waals surface area contributed by atoms with E-state index in [2.05, 4.69) is 33.3 Å². The van der Waals surface area contributed by atoms with Crippen molar-refractivity contribution in [2.45, 2.75) is 45.1 Å². The maximum absolute atomic E-state index is 12.5. The van der Waals surface area contributed by atoms with Crippen molar-refractivity contribution in [3.8, 4) is 5.75 Å². The number of hydrogen-bond donors (Lipinski definition) is 1. The number of benzene rings is 1. The largest absolute Gasteiger partial charge is 0.497 e. The summed E-state index contributed by atoms with van der Waals surface area (Å²) in [5.74, 6) is 1.04. The normalized spacial score (nSPS) is 19.3. The van der Waals surface area contributed by atoms with Gasteiger partial charge in [0.15, 0.2) is 0 Å². The van der Waals surface area contributed by atoms with E-state index >= 15 is 0 Å². The molecule has 27 heavy (non-hydrogen) atoms. The number of rotatable bonds is 7. The van der Waals surface area contributed by atoms with E-state index in [4.69, 9.17) is 4.74 Å². The van der Waals surface area contributed by atoms with Gasteiger partial charge in [-0.2, -0.15) is 0 Å². The van der Waals surface area contributed by atoms with Crippen molar-refractivity contribution in [2.75, 3.05) is 44.7 Å². The molecule has 0 saturated carbocycles. The Bertz CT molecular complexity index is 651. The van der Waals surface area contributed by atoms with Crippen LogP contribution in [0.25, 0.3) is 0 Å². The number of allylic oxidation sites excluding steroid dienone is 1. The van der Waals surface area contributed by atoms with Crippen LogP contribution in [0.5, 0.6) is 5.75 Å². The number of ether oxygens (including phenoxy) is 1. The van der Waals surface area contributed by atoms with Crippen molar-refractivity contribution >= 4 is 11.6 Å². The highest BCUT2D eigenvalue weighted by atomic mass is 16.5. The Morgan fingerprint density at radius 1 is 1.22 bits per heavy atom. The molecule has 0 radical (unpaired) electrons. The van der Waals surface area contributed by atoms with Crippen molar-refractivity contribution in [3.63, 3.8) is 0 Å². The van der Waals surface area contributed by atoms with Crippen LogP contribution in [0.3, 0.4) is 0 Å². The second-order valence-corrected chi connectivity index (χ2v) is 7.55. The fourth-order valence-corrected chi connectivity index (χ4v) is 3.97. The predicted octanol–water partition coefficient (Wildman–Crippen LogP) is 3.21. The first-order chi connectivity index (χ1) is 13.2. The van der Waals surface area contributed by atoms with E-state index in [-0.39, 0.29) is 11.9 Å². The van der Waals surface area contributed by atoms with Crippen LogP contribution in [-0.4, -0.2) is 56.7 Å². The van der Waals surface area contributed by atoms with E-state index in [1.54, 1.807) is 7.11 Å². The average molecular weight is 372 g/mol. The molecule has 1 atom stereocenters. The van der Waals surface area contributed by atoms with E-state index < -0.39 is 0 Å². The topological polar surface area (TPSA) is 44.8 Å². The zero-order valence-corrected chi connectivity index (χ0v) is 16.7. The number of piperazine rings is 1. The molecule has 1 heterocycles. The summed E-state index contributed by atoms with van der Waals surface area (Å²) in [4.78, 5) is 17.2. The molecule has 1 saturated heterocycles. The quantitative estimate of drug-likeness (QED) is 0.748. The van der Waals surface area contributed by atoms with Crippen LogP contribution in [0, 0.1) is 0 Å². The maximum atomic E-state index is 12.5. The molecule has 0 spiro atoms. The molecule has 148 valence electrons. The number of nitrogens with one attached hydrogen (secondary N) is 1. The average Bonchev–Trinajstić information content (AvgIpc) is 2.74. The van der Waals surface area contributed by atoms with Crippen LogP contribution in [0.2, 0.25) is 0 Å². The number of nitrogens with zero attached hydrogens (tertiary/aromatic N) is 2. The molecular weight excluding hydrogens is 338 g/mol. The van der Waals surface area contributed by atoms with Crippen LogP contribution in [0.1, 0.15) is 39.0 Å². The lowest BCUT2D eigenvalue weighted by Gasteiger charge is -2.38. The lowest BCUT2D eigenvalue weighted by atomic mass is 9.97. The summed E-state index contributed by atoms with van der Waals surface area (Å²) in [5, 5.41) is 3.13. The minimum absolute atomic E-state index is 0.0715. The minimum Gasteiger partial charge on any atom is -0.497 e. The standard InChI is InChI=1S/C22H33N3O2/c1-18(22(26)23-12-11-19-7-4-3-5-8-19)24-13-15-25(16-14-24)20-9-6-10-21(17-20)27-2/h6-7,9-10,17-18H,3-5,8,11-16H2,1-2H3,(H,23,26)/t18-/m0/s1. The Labute approximate surface area is 163 Å². The fraction of sp³-hybridized carbons (Fsp3) is 0.591. The third-order valence-electron chi connectivity index (χ3n) is 5.79. The summed E-state index contributed by atoms with van der Waals surface area (Å²) in [7, 11) is 1.70. The molecule has 0 unspecified atom stereocenters. The molecule has 1 aliphatic carbocycles. The zero-order valence-electron chi connectivity index (χ0n) is 16.7. The van der Waals surface area contributed by atoms with E-state index in [9.17, 15) is 4.79 Å². The van der Waals surface area contributed by atoms with Gasteiger partial charge in [-0.05, 0) is 51.2 Å². The Morgan fingerprint density at radius 3 is 2.74 bits per heavy atom. The summed E-state index contributed by atoms with van der Waals surface area (Å²) in [6, 6.07) is 8.12. The van der Waals surface area contributed by atoms with Crippen LogP contribution < -0.4 is 15.0 Å². The van der Waals surface area contributed by atoms with Gasteiger partial charge < -0.3 is 15.0 Å². The number of amides is 1. The zero-order chi connectivity index (χ0) is 19.1. The van der Waals surface area contributed by atoms with Crippen LogP contribution in [0.4, 0.5) is 5.69 Å². The monoisotopic (exact) mass is 371 g/mol. The van der Waals surface area contributed by atoms with E-state index in [0.29, 0.717) is 0 Å². The van der Waals surface area contributed by atoms with Gasteiger partial charge in [0.1, 0.15) is 5.75 Å². The predicted molar refractivity (Wildman–Crippen MR) is 110 cm³/mol. The van der Waals surface area contributed by atoms with Gasteiger partial charge in [0.05, 0.1) is 13.2 Å². The Hall–Kier alpha value is -2.01. The lowest BCUT2D eigenvalue weighted by Crippen LogP contribution is -2.54. The number of carbonyl (C=O) groups excluding carboxylic acids is 1. The third-order valence-corrected chi connectivity index (χ3v) is 5.79. The molecule has 1 aliphatic heterocycles. The van der Waals surface area contributed by atoms with Gasteiger partial charge in [-0.1, -0.05) is 17.7 Å². The van der Waals surface area contributed by atoms with Gasteiger partial charge in [-0.25, -0.2) is 0 Å². The summed E-state index contributed by atoms with van der Waals surface area (Å²) in [6.07, 6.45) is 8.39. The second-order valence-electron chi connectivity index (χ2n) is 7.55. The van der Waals surface area contributed by atoms with Gasteiger partial charge in [0, 0.05) is 44.5 Å². The first-order valence-corrected chi connectivity index (χ1v) is 10.3. The van der Waals surface area contributed by atoms with Crippen LogP contribution >= 0.6 is 0 Å². The van der Waals surface area contributed by atoms with Gasteiger partial charge >= 0.3 is 0 Å². The number of methoxy groups -OCH3 is 1. The molecule has 1 amide bonds. The van der Waals surface area contributed by atoms with Gasteiger partial charge in [-0.15, -0.1) is 0 Å². The summed E-state index contributed by atoms with van der Waals surface area (Å²) < 4.78 is 5.32. The van der Waals surface area contributed by atoms with Crippen LogP contribution in [0.15, 0.2) is 35.9 Å². The molecule has 2 aliphatic rings. The molecule has 3 rings (SSSR count). The molecule has 1 fully saturated rings. The number of hydrogen-bond acceptors (Lipinski definition) is 4. The lowest BCUT2D eigenvalue weighted by molar-refractivity contribution is -0.125. The number of carbonyl (C=O) groups is 1. The van der Waals surface area contributed by atoms with Gasteiger partial charge in [-0.3, -0.25) is 9.69 Å². The van der Waals surface area contributed by atoms with Crippen molar-refractivity contribution in [1.82, 2.24) is 10.2 Å². The van der Waals surface area contributed by atoms with Crippen LogP contribution in [-0.2, 0) is 4.79 Å². The van der Waals surface area contributed by atoms with Crippen molar-refractivity contribution in [1.29, 1.82) is 0 Å². The van der Waals surface area contributed by atoms with Gasteiger partial charge in [0.2, 0.25) is 5.91 Å². The first-order valence-electron chi connectivity index (χ1n) is 10.3. The Kier molecular flexibility index (Phi) is 7.16. The highest BCUT2D eigenvalue weighted by Crippen LogP contribution is 2.22. The minimum atomic E-state index is -0.0715. The van der Waals surface area contributed by atoms with E-state index in [1.807, 2.05) is 19.1 Å². The molecule has 1 aromatic carbocycles. The molecular formula is C22H33N3O2. The molecule has 5 nitrogen and oxygen atoms in total. The highest BCUT2D eigenvalue weighted by Gasteiger charge is 2.25. The molecule has 1 aromatic rings. The SMILES string of the molecule is COc1cccc(N2CCN([C@@H](C)C(=O)NCCC3=CCCCC3)CC2)c1. The second kappa shape index (κ2) is 9.79. The van der Waals surface area contributed by atoms with E-state index in [0.717, 1.165) is 44.9 Å².